The minimum atomic E-state index is -0.960. The molecule has 2 aromatic carbocycles. The highest BCUT2D eigenvalue weighted by Gasteiger charge is 2.26. The summed E-state index contributed by atoms with van der Waals surface area (Å²) in [5.41, 5.74) is 15.8. The quantitative estimate of drug-likeness (QED) is 0.0632. The van der Waals surface area contributed by atoms with Crippen LogP contribution in [-0.4, -0.2) is 83.6 Å². The average Bonchev–Trinajstić information content (AvgIpc) is 3.90. The van der Waals surface area contributed by atoms with Crippen LogP contribution in [0.5, 0.6) is 0 Å². The standard InChI is InChI=1S/C43H48F2N12O5/c1-25(2)37(46)41(59)53-34(11-6-19-48-42(47)60)40(58)52-29-15-12-27(13-16-29)23-62-43(61)56(20-18-30-31(44)8-5-9-32(30)45)22-35-54-38(28-14-17-36-49-24-50-57(36)21-28)39(55-35)33-10-4-7-26(3)51-33/h4-5,7-10,12-17,21,24-25,34,37H,6,11,18-20,22-23,46H2,1-3H3,(H,52,58)(H,53,59)(H,54,55)(H3,47,48,60)/t34-,37-/m0/s1. The van der Waals surface area contributed by atoms with Crippen molar-refractivity contribution in [3.63, 3.8) is 0 Å². The molecule has 0 aliphatic carbocycles. The van der Waals surface area contributed by atoms with Gasteiger partial charge in [-0.05, 0) is 86.2 Å². The van der Waals surface area contributed by atoms with Gasteiger partial charge in [-0.3, -0.25) is 14.6 Å². The second-order valence-electron chi connectivity index (χ2n) is 14.9. The van der Waals surface area contributed by atoms with Crippen molar-refractivity contribution in [1.82, 2.24) is 45.1 Å². The van der Waals surface area contributed by atoms with E-state index in [0.717, 1.165) is 17.8 Å². The molecule has 62 heavy (non-hydrogen) atoms. The number of carbonyl (C=O) groups excluding carboxylic acids is 4. The van der Waals surface area contributed by atoms with Crippen LogP contribution in [0, 0.1) is 24.5 Å². The Morgan fingerprint density at radius 2 is 1.69 bits per heavy atom. The number of H-pyrrole nitrogens is 1. The predicted octanol–water partition coefficient (Wildman–Crippen LogP) is 5.00. The van der Waals surface area contributed by atoms with E-state index in [-0.39, 0.29) is 50.6 Å². The molecule has 0 fully saturated rings. The number of imidazole rings is 1. The van der Waals surface area contributed by atoms with Gasteiger partial charge in [-0.15, -0.1) is 0 Å². The summed E-state index contributed by atoms with van der Waals surface area (Å²) in [4.78, 5) is 69.4. The Kier molecular flexibility index (Phi) is 14.5. The molecule has 0 radical (unpaired) electrons. The van der Waals surface area contributed by atoms with E-state index >= 15 is 0 Å². The summed E-state index contributed by atoms with van der Waals surface area (Å²) in [6.45, 7) is 5.21. The summed E-state index contributed by atoms with van der Waals surface area (Å²) < 4.78 is 36.8. The van der Waals surface area contributed by atoms with Crippen molar-refractivity contribution in [3.8, 4) is 22.6 Å². The third kappa shape index (κ3) is 11.5. The van der Waals surface area contributed by atoms with Crippen LogP contribution in [0.25, 0.3) is 28.3 Å². The largest absolute Gasteiger partial charge is 0.445 e. The average molecular weight is 851 g/mol. The Morgan fingerprint density at radius 3 is 2.40 bits per heavy atom. The van der Waals surface area contributed by atoms with Crippen molar-refractivity contribution in [1.29, 1.82) is 0 Å². The number of ether oxygens (including phenoxy) is 1. The van der Waals surface area contributed by atoms with E-state index in [0.29, 0.717) is 51.8 Å². The molecule has 4 aromatic heterocycles. The van der Waals surface area contributed by atoms with Crippen LogP contribution < -0.4 is 27.4 Å². The summed E-state index contributed by atoms with van der Waals surface area (Å²) in [7, 11) is 0. The Labute approximate surface area is 355 Å². The van der Waals surface area contributed by atoms with Crippen molar-refractivity contribution < 1.29 is 32.7 Å². The zero-order valence-electron chi connectivity index (χ0n) is 34.4. The minimum absolute atomic E-state index is 0.122. The number of halogens is 2. The number of rotatable bonds is 18. The lowest BCUT2D eigenvalue weighted by Crippen LogP contribution is -2.51. The normalized spacial score (nSPS) is 12.2. The van der Waals surface area contributed by atoms with Gasteiger partial charge in [0.15, 0.2) is 5.65 Å². The predicted molar refractivity (Wildman–Crippen MR) is 226 cm³/mol. The fourth-order valence-corrected chi connectivity index (χ4v) is 6.47. The topological polar surface area (TPSA) is 241 Å². The first-order valence-corrected chi connectivity index (χ1v) is 19.9. The van der Waals surface area contributed by atoms with Crippen LogP contribution in [0.15, 0.2) is 85.3 Å². The van der Waals surface area contributed by atoms with Gasteiger partial charge in [-0.2, -0.15) is 5.10 Å². The maximum Gasteiger partial charge on any atom is 0.410 e. The fraction of sp³-hybridized carbons (Fsp3) is 0.302. The zero-order chi connectivity index (χ0) is 44.3. The van der Waals surface area contributed by atoms with E-state index in [1.807, 2.05) is 31.2 Å². The summed E-state index contributed by atoms with van der Waals surface area (Å²) in [5, 5.41) is 12.2. The number of aromatic amines is 1. The summed E-state index contributed by atoms with van der Waals surface area (Å²) >= 11 is 0. The number of pyridine rings is 2. The number of urea groups is 1. The maximum absolute atomic E-state index is 14.7. The van der Waals surface area contributed by atoms with E-state index in [1.165, 1.54) is 17.3 Å². The second kappa shape index (κ2) is 20.3. The third-order valence-corrected chi connectivity index (χ3v) is 9.94. The summed E-state index contributed by atoms with van der Waals surface area (Å²) in [5.74, 6) is -2.29. The molecule has 6 rings (SSSR count). The molecule has 17 nitrogen and oxygen atoms in total. The first kappa shape index (κ1) is 44.3. The number of primary amides is 1. The highest BCUT2D eigenvalue weighted by Crippen LogP contribution is 2.30. The summed E-state index contributed by atoms with van der Waals surface area (Å²) in [6, 6.07) is 16.8. The molecule has 0 spiro atoms. The molecule has 0 saturated heterocycles. The van der Waals surface area contributed by atoms with Gasteiger partial charge in [-0.25, -0.2) is 32.9 Å². The first-order chi connectivity index (χ1) is 29.7. The lowest BCUT2D eigenvalue weighted by atomic mass is 10.0. The van der Waals surface area contributed by atoms with E-state index < -0.39 is 47.7 Å². The third-order valence-electron chi connectivity index (χ3n) is 9.94. The van der Waals surface area contributed by atoms with Crippen molar-refractivity contribution in [2.75, 3.05) is 18.4 Å². The van der Waals surface area contributed by atoms with Crippen molar-refractivity contribution in [2.24, 2.45) is 17.4 Å². The van der Waals surface area contributed by atoms with Gasteiger partial charge in [0, 0.05) is 41.8 Å². The van der Waals surface area contributed by atoms with Gasteiger partial charge >= 0.3 is 12.1 Å². The molecule has 8 N–H and O–H groups in total. The van der Waals surface area contributed by atoms with Crippen LogP contribution in [0.4, 0.5) is 24.1 Å². The number of hydrogen-bond acceptors (Lipinski definition) is 10. The Morgan fingerprint density at radius 1 is 0.952 bits per heavy atom. The number of fused-ring (bicyclic) bond motifs is 1. The van der Waals surface area contributed by atoms with Gasteiger partial charge in [0.05, 0.1) is 29.7 Å². The minimum Gasteiger partial charge on any atom is -0.445 e. The molecule has 0 saturated carbocycles. The van der Waals surface area contributed by atoms with Crippen LogP contribution in [0.2, 0.25) is 0 Å². The van der Waals surface area contributed by atoms with E-state index in [9.17, 15) is 28.0 Å². The Balaban J connectivity index is 1.18. The number of amides is 5. The molecule has 0 unspecified atom stereocenters. The molecule has 0 aliphatic heterocycles. The number of nitrogens with zero attached hydrogens (tertiary/aromatic N) is 6. The highest BCUT2D eigenvalue weighted by atomic mass is 19.1. The molecule has 6 aromatic rings. The number of aromatic nitrogens is 6. The Bertz CT molecular complexity index is 2510. The molecule has 0 aliphatic rings. The van der Waals surface area contributed by atoms with Crippen LogP contribution in [-0.2, 0) is 33.9 Å². The number of benzene rings is 2. The van der Waals surface area contributed by atoms with Gasteiger partial charge in [-0.1, -0.05) is 38.1 Å². The van der Waals surface area contributed by atoms with Gasteiger partial charge < -0.3 is 42.0 Å². The Hall–Kier alpha value is -7.28. The fourth-order valence-electron chi connectivity index (χ4n) is 6.47. The molecular weight excluding hydrogens is 803 g/mol. The second-order valence-corrected chi connectivity index (χ2v) is 14.9. The molecule has 324 valence electrons. The van der Waals surface area contributed by atoms with Gasteiger partial charge in [0.1, 0.15) is 36.4 Å². The number of nitrogens with two attached hydrogens (primary N) is 2. The van der Waals surface area contributed by atoms with E-state index in [2.05, 4.69) is 36.0 Å². The first-order valence-electron chi connectivity index (χ1n) is 19.9. The number of nitrogens with one attached hydrogen (secondary N) is 4. The van der Waals surface area contributed by atoms with Crippen molar-refractivity contribution >= 4 is 35.3 Å². The smallest absolute Gasteiger partial charge is 0.410 e. The summed E-state index contributed by atoms with van der Waals surface area (Å²) in [6.07, 6.45) is 2.82. The number of aryl methyl sites for hydroxylation is 1. The van der Waals surface area contributed by atoms with E-state index in [1.54, 1.807) is 54.9 Å². The van der Waals surface area contributed by atoms with Gasteiger partial charge in [0.25, 0.3) is 0 Å². The number of carbonyl (C=O) groups is 4. The van der Waals surface area contributed by atoms with Crippen LogP contribution in [0.3, 0.4) is 0 Å². The molecule has 0 bridgehead atoms. The SMILES string of the molecule is Cc1cccc(-c2[nH]c(CN(CCc3c(F)cccc3F)C(=O)OCc3ccc(NC(=O)[C@H](CCCNC(N)=O)NC(=O)[C@@H](N)C(C)C)cc3)nc2-c2ccc3ncnn3c2)n1. The number of anilines is 1. The lowest BCUT2D eigenvalue weighted by molar-refractivity contribution is -0.128. The van der Waals surface area contributed by atoms with Crippen LogP contribution >= 0.6 is 0 Å². The lowest BCUT2D eigenvalue weighted by Gasteiger charge is -2.22. The number of hydrogen-bond donors (Lipinski definition) is 6. The van der Waals surface area contributed by atoms with Gasteiger partial charge in [0.2, 0.25) is 11.8 Å². The van der Waals surface area contributed by atoms with E-state index in [4.69, 9.17) is 21.2 Å². The highest BCUT2D eigenvalue weighted by molar-refractivity contribution is 5.97. The van der Waals surface area contributed by atoms with Crippen LogP contribution in [0.1, 0.15) is 49.3 Å². The molecule has 19 heteroatoms. The maximum atomic E-state index is 14.7. The molecule has 2 atom stereocenters. The monoisotopic (exact) mass is 850 g/mol. The van der Waals surface area contributed by atoms with Crippen molar-refractivity contribution in [2.45, 2.75) is 65.3 Å². The molecule has 4 heterocycles. The molecule has 5 amide bonds. The molecular formula is C43H48F2N12O5. The zero-order valence-corrected chi connectivity index (χ0v) is 34.4. The van der Waals surface area contributed by atoms with Crippen molar-refractivity contribution in [3.05, 3.63) is 120 Å².